The van der Waals surface area contributed by atoms with E-state index < -0.39 is 0 Å². The van der Waals surface area contributed by atoms with Crippen LogP contribution in [0.2, 0.25) is 0 Å². The number of nitrogens with one attached hydrogen (secondary N) is 1. The Labute approximate surface area is 126 Å². The standard InChI is InChI=1S/C14H18INOS/c1-10-5-4-7-12(13(10)15)14(17)16-9-11-6-2-3-8-18-11/h4-5,7,11H,2-3,6,8-9H2,1H3,(H,16,17). The van der Waals surface area contributed by atoms with Gasteiger partial charge in [0.25, 0.3) is 5.91 Å². The fourth-order valence-corrected chi connectivity index (χ4v) is 3.94. The third-order valence-electron chi connectivity index (χ3n) is 3.20. The van der Waals surface area contributed by atoms with Crippen LogP contribution in [0.15, 0.2) is 18.2 Å². The van der Waals surface area contributed by atoms with Gasteiger partial charge in [0.2, 0.25) is 0 Å². The predicted octanol–water partition coefficient (Wildman–Crippen LogP) is 3.62. The first-order valence-electron chi connectivity index (χ1n) is 6.33. The second-order valence-electron chi connectivity index (χ2n) is 4.64. The van der Waals surface area contributed by atoms with E-state index >= 15 is 0 Å². The Bertz CT molecular complexity index is 430. The molecule has 0 saturated carbocycles. The predicted molar refractivity (Wildman–Crippen MR) is 86.3 cm³/mol. The van der Waals surface area contributed by atoms with Crippen LogP contribution in [0.25, 0.3) is 0 Å². The highest BCUT2D eigenvalue weighted by Gasteiger charge is 2.16. The third-order valence-corrected chi connectivity index (χ3v) is 6.03. The summed E-state index contributed by atoms with van der Waals surface area (Å²) < 4.78 is 1.06. The molecule has 98 valence electrons. The van der Waals surface area contributed by atoms with Gasteiger partial charge in [-0.25, -0.2) is 0 Å². The summed E-state index contributed by atoms with van der Waals surface area (Å²) in [5.41, 5.74) is 1.96. The fourth-order valence-electron chi connectivity index (χ4n) is 2.09. The maximum absolute atomic E-state index is 12.1. The lowest BCUT2D eigenvalue weighted by Crippen LogP contribution is -2.32. The van der Waals surface area contributed by atoms with E-state index in [-0.39, 0.29) is 5.91 Å². The zero-order chi connectivity index (χ0) is 13.0. The van der Waals surface area contributed by atoms with Crippen LogP contribution in [0, 0.1) is 10.5 Å². The summed E-state index contributed by atoms with van der Waals surface area (Å²) in [6.07, 6.45) is 3.86. The van der Waals surface area contributed by atoms with E-state index in [2.05, 4.69) is 27.9 Å². The molecule has 18 heavy (non-hydrogen) atoms. The maximum atomic E-state index is 12.1. The molecule has 4 heteroatoms. The van der Waals surface area contributed by atoms with Gasteiger partial charge < -0.3 is 5.32 Å². The van der Waals surface area contributed by atoms with E-state index in [1.165, 1.54) is 25.0 Å². The van der Waals surface area contributed by atoms with Crippen LogP contribution in [0.5, 0.6) is 0 Å². The van der Waals surface area contributed by atoms with Gasteiger partial charge in [0, 0.05) is 15.4 Å². The Kier molecular flexibility index (Phi) is 5.36. The van der Waals surface area contributed by atoms with E-state index in [9.17, 15) is 4.79 Å². The van der Waals surface area contributed by atoms with Crippen LogP contribution in [0.1, 0.15) is 35.2 Å². The molecule has 1 saturated heterocycles. The Morgan fingerprint density at radius 3 is 3.06 bits per heavy atom. The summed E-state index contributed by atoms with van der Waals surface area (Å²) >= 11 is 4.24. The van der Waals surface area contributed by atoms with Crippen molar-refractivity contribution in [2.75, 3.05) is 12.3 Å². The molecule has 0 aliphatic carbocycles. The molecule has 1 unspecified atom stereocenters. The molecule has 0 aromatic heterocycles. The number of benzene rings is 1. The van der Waals surface area contributed by atoms with Crippen molar-refractivity contribution in [1.82, 2.24) is 5.32 Å². The lowest BCUT2D eigenvalue weighted by molar-refractivity contribution is 0.0952. The van der Waals surface area contributed by atoms with Crippen molar-refractivity contribution in [3.8, 4) is 0 Å². The van der Waals surface area contributed by atoms with Gasteiger partial charge in [-0.05, 0) is 59.7 Å². The van der Waals surface area contributed by atoms with Gasteiger partial charge in [0.05, 0.1) is 5.56 Å². The first-order chi connectivity index (χ1) is 8.68. The Balaban J connectivity index is 1.93. The molecular formula is C14H18INOS. The highest BCUT2D eigenvalue weighted by molar-refractivity contribution is 14.1. The summed E-state index contributed by atoms with van der Waals surface area (Å²) in [4.78, 5) is 12.1. The average molecular weight is 375 g/mol. The number of aryl methyl sites for hydroxylation is 1. The summed E-state index contributed by atoms with van der Waals surface area (Å²) in [6, 6.07) is 5.88. The highest BCUT2D eigenvalue weighted by Crippen LogP contribution is 2.24. The molecule has 0 radical (unpaired) electrons. The number of hydrogen-bond donors (Lipinski definition) is 1. The minimum Gasteiger partial charge on any atom is -0.351 e. The molecule has 2 nitrogen and oxygen atoms in total. The fraction of sp³-hybridized carbons (Fsp3) is 0.500. The normalized spacial score (nSPS) is 19.6. The molecule has 1 aliphatic heterocycles. The summed E-state index contributed by atoms with van der Waals surface area (Å²) in [6.45, 7) is 2.84. The smallest absolute Gasteiger partial charge is 0.252 e. The van der Waals surface area contributed by atoms with Gasteiger partial charge in [-0.1, -0.05) is 18.6 Å². The van der Waals surface area contributed by atoms with Crippen molar-refractivity contribution in [2.45, 2.75) is 31.4 Å². The number of carbonyl (C=O) groups excluding carboxylic acids is 1. The quantitative estimate of drug-likeness (QED) is 0.818. The largest absolute Gasteiger partial charge is 0.351 e. The summed E-state index contributed by atoms with van der Waals surface area (Å²) in [5, 5.41) is 3.67. The van der Waals surface area contributed by atoms with Crippen molar-refractivity contribution >= 4 is 40.3 Å². The van der Waals surface area contributed by atoms with Crippen LogP contribution in [-0.4, -0.2) is 23.5 Å². The lowest BCUT2D eigenvalue weighted by Gasteiger charge is -2.21. The van der Waals surface area contributed by atoms with Crippen molar-refractivity contribution in [1.29, 1.82) is 0 Å². The Hall–Kier alpha value is -0.230. The molecule has 1 aromatic rings. The van der Waals surface area contributed by atoms with Crippen LogP contribution >= 0.6 is 34.4 Å². The first kappa shape index (κ1) is 14.2. The minimum atomic E-state index is 0.0641. The van der Waals surface area contributed by atoms with Crippen LogP contribution < -0.4 is 5.32 Å². The van der Waals surface area contributed by atoms with Gasteiger partial charge in [0.1, 0.15) is 0 Å². The third kappa shape index (κ3) is 3.63. The van der Waals surface area contributed by atoms with E-state index in [4.69, 9.17) is 0 Å². The van der Waals surface area contributed by atoms with Crippen LogP contribution in [-0.2, 0) is 0 Å². The van der Waals surface area contributed by atoms with Crippen LogP contribution in [0.4, 0.5) is 0 Å². The lowest BCUT2D eigenvalue weighted by atomic mass is 10.1. The summed E-state index contributed by atoms with van der Waals surface area (Å²) in [5.74, 6) is 1.30. The van der Waals surface area contributed by atoms with Crippen LogP contribution in [0.3, 0.4) is 0 Å². The Morgan fingerprint density at radius 1 is 1.50 bits per heavy atom. The molecule has 1 atom stereocenters. The van der Waals surface area contributed by atoms with Gasteiger partial charge in [0.15, 0.2) is 0 Å². The molecule has 1 N–H and O–H groups in total. The molecule has 2 rings (SSSR count). The average Bonchev–Trinajstić information content (AvgIpc) is 2.40. The van der Waals surface area contributed by atoms with E-state index in [1.807, 2.05) is 36.9 Å². The number of halogens is 1. The first-order valence-corrected chi connectivity index (χ1v) is 8.46. The van der Waals surface area contributed by atoms with Crippen molar-refractivity contribution in [2.24, 2.45) is 0 Å². The van der Waals surface area contributed by atoms with E-state index in [0.29, 0.717) is 5.25 Å². The SMILES string of the molecule is Cc1cccc(C(=O)NCC2CCCCS2)c1I. The van der Waals surface area contributed by atoms with E-state index in [0.717, 1.165) is 21.2 Å². The highest BCUT2D eigenvalue weighted by atomic mass is 127. The molecule has 1 aromatic carbocycles. The number of amides is 1. The van der Waals surface area contributed by atoms with Gasteiger partial charge in [-0.2, -0.15) is 11.8 Å². The Morgan fingerprint density at radius 2 is 2.33 bits per heavy atom. The zero-order valence-electron chi connectivity index (χ0n) is 10.5. The molecule has 1 fully saturated rings. The van der Waals surface area contributed by atoms with Crippen molar-refractivity contribution in [3.63, 3.8) is 0 Å². The van der Waals surface area contributed by atoms with Gasteiger partial charge >= 0.3 is 0 Å². The molecule has 0 bridgehead atoms. The minimum absolute atomic E-state index is 0.0641. The van der Waals surface area contributed by atoms with Gasteiger partial charge in [-0.3, -0.25) is 4.79 Å². The van der Waals surface area contributed by atoms with E-state index in [1.54, 1.807) is 0 Å². The van der Waals surface area contributed by atoms with Crippen molar-refractivity contribution < 1.29 is 4.79 Å². The molecule has 0 spiro atoms. The van der Waals surface area contributed by atoms with Gasteiger partial charge in [-0.15, -0.1) is 0 Å². The second-order valence-corrected chi connectivity index (χ2v) is 7.12. The zero-order valence-corrected chi connectivity index (χ0v) is 13.5. The maximum Gasteiger partial charge on any atom is 0.252 e. The number of hydrogen-bond acceptors (Lipinski definition) is 2. The molecule has 1 aliphatic rings. The van der Waals surface area contributed by atoms with Crippen molar-refractivity contribution in [3.05, 3.63) is 32.9 Å². The number of thioether (sulfide) groups is 1. The molecular weight excluding hydrogens is 357 g/mol. The number of carbonyl (C=O) groups is 1. The molecule has 1 heterocycles. The number of rotatable bonds is 3. The monoisotopic (exact) mass is 375 g/mol. The topological polar surface area (TPSA) is 29.1 Å². The molecule has 1 amide bonds. The summed E-state index contributed by atoms with van der Waals surface area (Å²) in [7, 11) is 0. The second kappa shape index (κ2) is 6.80.